The zero-order valence-electron chi connectivity index (χ0n) is 10.6. The van der Waals surface area contributed by atoms with Gasteiger partial charge >= 0.3 is 7.55 Å². The second-order valence-corrected chi connectivity index (χ2v) is 5.14. The van der Waals surface area contributed by atoms with Gasteiger partial charge in [0.25, 0.3) is 0 Å². The first kappa shape index (κ1) is 14.3. The van der Waals surface area contributed by atoms with E-state index in [-0.39, 0.29) is 26.5 Å². The first-order valence-electron chi connectivity index (χ1n) is 5.47. The standard InChI is InChI=1S/C12H17BN3.Pt/c1-12(2,3)10-5-6-14-11(9-10)16-8-7-15(4)13-16;/h5-9H,1-4H3;. The average Bonchev–Trinajstić information content (AvgIpc) is 2.64. The summed E-state index contributed by atoms with van der Waals surface area (Å²) in [5.41, 5.74) is 1.46. The molecule has 0 unspecified atom stereocenters. The summed E-state index contributed by atoms with van der Waals surface area (Å²) >= 11 is 0. The molecular formula is C12H17BN3Pt. The van der Waals surface area contributed by atoms with Crippen LogP contribution in [0, 0.1) is 0 Å². The molecule has 1 aliphatic rings. The van der Waals surface area contributed by atoms with E-state index in [1.165, 1.54) is 5.56 Å². The number of hydrogen-bond acceptors (Lipinski definition) is 3. The molecule has 2 heterocycles. The van der Waals surface area contributed by atoms with E-state index in [2.05, 4.69) is 37.9 Å². The first-order valence-corrected chi connectivity index (χ1v) is 5.47. The van der Waals surface area contributed by atoms with E-state index >= 15 is 0 Å². The van der Waals surface area contributed by atoms with Gasteiger partial charge in [-0.1, -0.05) is 20.8 Å². The van der Waals surface area contributed by atoms with Crippen LogP contribution in [0.15, 0.2) is 30.7 Å². The van der Waals surface area contributed by atoms with Crippen LogP contribution in [0.4, 0.5) is 5.82 Å². The van der Waals surface area contributed by atoms with Crippen LogP contribution in [0.3, 0.4) is 0 Å². The molecule has 17 heavy (non-hydrogen) atoms. The molecule has 1 aromatic heterocycles. The third kappa shape index (κ3) is 3.35. The summed E-state index contributed by atoms with van der Waals surface area (Å²) in [6.07, 6.45) is 5.89. The van der Waals surface area contributed by atoms with Crippen molar-refractivity contribution in [1.82, 2.24) is 9.79 Å². The van der Waals surface area contributed by atoms with Crippen molar-refractivity contribution >= 4 is 13.4 Å². The molecule has 0 amide bonds. The Kier molecular flexibility index (Phi) is 4.43. The normalized spacial score (nSPS) is 14.6. The number of rotatable bonds is 1. The minimum absolute atomic E-state index is 0. The molecule has 3 nitrogen and oxygen atoms in total. The van der Waals surface area contributed by atoms with E-state index in [0.29, 0.717) is 0 Å². The maximum Gasteiger partial charge on any atom is 0.396 e. The number of anilines is 1. The van der Waals surface area contributed by atoms with Crippen LogP contribution >= 0.6 is 0 Å². The molecular weight excluding hydrogens is 392 g/mol. The summed E-state index contributed by atoms with van der Waals surface area (Å²) in [7, 11) is 4.01. The summed E-state index contributed by atoms with van der Waals surface area (Å²) in [5, 5.41) is 0. The van der Waals surface area contributed by atoms with Crippen LogP contribution in [0.1, 0.15) is 26.3 Å². The third-order valence-electron chi connectivity index (χ3n) is 2.65. The monoisotopic (exact) mass is 409 g/mol. The van der Waals surface area contributed by atoms with Gasteiger partial charge in [0, 0.05) is 39.7 Å². The fraction of sp³-hybridized carbons (Fsp3) is 0.417. The molecule has 0 fully saturated rings. The van der Waals surface area contributed by atoms with Gasteiger partial charge in [-0.15, -0.1) is 0 Å². The Morgan fingerprint density at radius 3 is 2.47 bits per heavy atom. The Bertz CT molecular complexity index is 414. The maximum absolute atomic E-state index is 4.39. The van der Waals surface area contributed by atoms with Gasteiger partial charge in [0.1, 0.15) is 5.82 Å². The number of aromatic nitrogens is 1. The average molecular weight is 409 g/mol. The summed E-state index contributed by atoms with van der Waals surface area (Å²) in [6, 6.07) is 4.22. The molecule has 0 aliphatic carbocycles. The number of pyridine rings is 1. The quantitative estimate of drug-likeness (QED) is 0.663. The molecule has 5 heteroatoms. The zero-order chi connectivity index (χ0) is 11.8. The van der Waals surface area contributed by atoms with Crippen molar-refractivity contribution in [2.45, 2.75) is 26.2 Å². The van der Waals surface area contributed by atoms with Crippen molar-refractivity contribution in [2.75, 3.05) is 11.9 Å². The molecule has 1 aliphatic heterocycles. The molecule has 0 bridgehead atoms. The largest absolute Gasteiger partial charge is 0.406 e. The molecule has 93 valence electrons. The number of hydrogen-bond donors (Lipinski definition) is 0. The molecule has 0 aromatic carbocycles. The van der Waals surface area contributed by atoms with Gasteiger partial charge in [0.05, 0.1) is 0 Å². The summed E-state index contributed by atoms with van der Waals surface area (Å²) < 4.78 is 0. The van der Waals surface area contributed by atoms with Gasteiger partial charge in [-0.05, 0) is 30.2 Å². The van der Waals surface area contributed by atoms with Gasteiger partial charge < -0.3 is 9.62 Å². The predicted octanol–water partition coefficient (Wildman–Crippen LogP) is 2.13. The van der Waals surface area contributed by atoms with Crippen molar-refractivity contribution in [3.05, 3.63) is 36.3 Å². The van der Waals surface area contributed by atoms with E-state index in [1.807, 2.05) is 42.8 Å². The van der Waals surface area contributed by atoms with Gasteiger partial charge in [-0.25, -0.2) is 4.98 Å². The van der Waals surface area contributed by atoms with Crippen molar-refractivity contribution in [2.24, 2.45) is 0 Å². The van der Waals surface area contributed by atoms with E-state index in [1.54, 1.807) is 0 Å². The molecule has 2 rings (SSSR count). The Labute approximate surface area is 118 Å². The van der Waals surface area contributed by atoms with Crippen LogP contribution in [0.2, 0.25) is 0 Å². The summed E-state index contributed by atoms with van der Waals surface area (Å²) in [6.45, 7) is 6.63. The predicted molar refractivity (Wildman–Crippen MR) is 68.1 cm³/mol. The van der Waals surface area contributed by atoms with Crippen LogP contribution in [-0.2, 0) is 26.5 Å². The first-order chi connectivity index (χ1) is 7.47. The molecule has 0 N–H and O–H groups in total. The van der Waals surface area contributed by atoms with Crippen LogP contribution in [0.5, 0.6) is 0 Å². The second kappa shape index (κ2) is 5.26. The molecule has 1 radical (unpaired) electrons. The van der Waals surface area contributed by atoms with Gasteiger partial charge in [0.15, 0.2) is 0 Å². The zero-order valence-corrected chi connectivity index (χ0v) is 12.9. The smallest absolute Gasteiger partial charge is 0.396 e. The Balaban J connectivity index is 0.00000144. The van der Waals surface area contributed by atoms with Gasteiger partial charge in [0.2, 0.25) is 0 Å². The van der Waals surface area contributed by atoms with Crippen molar-refractivity contribution in [3.8, 4) is 0 Å². The molecule has 1 aromatic rings. The van der Waals surface area contributed by atoms with Crippen molar-refractivity contribution < 1.29 is 21.1 Å². The minimum atomic E-state index is 0. The maximum atomic E-state index is 4.39. The Morgan fingerprint density at radius 2 is 1.94 bits per heavy atom. The van der Waals surface area contributed by atoms with E-state index in [4.69, 9.17) is 0 Å². The van der Waals surface area contributed by atoms with Crippen LogP contribution in [-0.4, -0.2) is 24.4 Å². The third-order valence-corrected chi connectivity index (χ3v) is 2.65. The molecule has 0 saturated heterocycles. The van der Waals surface area contributed by atoms with E-state index in [9.17, 15) is 0 Å². The van der Waals surface area contributed by atoms with Gasteiger partial charge in [-0.2, -0.15) is 0 Å². The Morgan fingerprint density at radius 1 is 1.24 bits per heavy atom. The van der Waals surface area contributed by atoms with E-state index in [0.717, 1.165) is 5.82 Å². The van der Waals surface area contributed by atoms with Crippen molar-refractivity contribution in [3.63, 3.8) is 0 Å². The second-order valence-electron chi connectivity index (χ2n) is 5.14. The van der Waals surface area contributed by atoms with Crippen molar-refractivity contribution in [1.29, 1.82) is 0 Å². The fourth-order valence-electron chi connectivity index (χ4n) is 1.61. The molecule has 0 spiro atoms. The topological polar surface area (TPSA) is 19.4 Å². The van der Waals surface area contributed by atoms with Crippen LogP contribution < -0.4 is 4.81 Å². The SMILES string of the molecule is CN1[B]N(c2cc(C(C)(C)C)ccn2)C=C1.[Pt]. The summed E-state index contributed by atoms with van der Waals surface area (Å²) in [5.74, 6) is 0.966. The summed E-state index contributed by atoms with van der Waals surface area (Å²) in [4.78, 5) is 8.41. The van der Waals surface area contributed by atoms with E-state index < -0.39 is 0 Å². The van der Waals surface area contributed by atoms with Gasteiger partial charge in [-0.3, -0.25) is 0 Å². The van der Waals surface area contributed by atoms with Crippen LogP contribution in [0.25, 0.3) is 0 Å². The fourth-order valence-corrected chi connectivity index (χ4v) is 1.61. The number of nitrogens with zero attached hydrogens (tertiary/aromatic N) is 3. The molecule has 0 saturated carbocycles. The molecule has 0 atom stereocenters. The Hall–Kier alpha value is -0.757. The minimum Gasteiger partial charge on any atom is -0.406 e.